The van der Waals surface area contributed by atoms with Crippen LogP contribution in [-0.2, 0) is 4.79 Å². The molecule has 0 saturated carbocycles. The van der Waals surface area contributed by atoms with Gasteiger partial charge in [0, 0.05) is 25.7 Å². The van der Waals surface area contributed by atoms with Gasteiger partial charge in [0.05, 0.1) is 15.5 Å². The summed E-state index contributed by atoms with van der Waals surface area (Å²) < 4.78 is 0. The van der Waals surface area contributed by atoms with E-state index < -0.39 is 16.9 Å². The molecule has 0 heterocycles. The Hall–Kier alpha value is -2.15. The van der Waals surface area contributed by atoms with E-state index in [1.165, 1.54) is 12.1 Å². The van der Waals surface area contributed by atoms with Gasteiger partial charge >= 0.3 is 0 Å². The van der Waals surface area contributed by atoms with Gasteiger partial charge in [-0.2, -0.15) is 0 Å². The summed E-state index contributed by atoms with van der Waals surface area (Å²) in [6.07, 6.45) is 0.870. The van der Waals surface area contributed by atoms with Gasteiger partial charge in [0.1, 0.15) is 6.04 Å². The van der Waals surface area contributed by atoms with Crippen LogP contribution in [0.4, 0.5) is 5.69 Å². The summed E-state index contributed by atoms with van der Waals surface area (Å²) in [6.45, 7) is 8.45. The Labute approximate surface area is 158 Å². The molecule has 0 aromatic heterocycles. The van der Waals surface area contributed by atoms with Gasteiger partial charge in [-0.25, -0.2) is 0 Å². The minimum Gasteiger partial charge on any atom is -0.344 e. The highest BCUT2D eigenvalue weighted by Crippen LogP contribution is 2.23. The molecule has 2 amide bonds. The number of amides is 2. The zero-order valence-corrected chi connectivity index (χ0v) is 16.5. The number of carbonyl (C=O) groups excluding carboxylic acids is 2. The number of non-ortho nitro benzene ring substituents is 1. The van der Waals surface area contributed by atoms with Gasteiger partial charge in [-0.05, 0) is 24.3 Å². The molecule has 0 radical (unpaired) electrons. The zero-order valence-electron chi connectivity index (χ0n) is 15.8. The first-order valence-electron chi connectivity index (χ1n) is 8.54. The third-order valence-electron chi connectivity index (χ3n) is 4.05. The fourth-order valence-electron chi connectivity index (χ4n) is 2.33. The van der Waals surface area contributed by atoms with Crippen molar-refractivity contribution in [3.05, 3.63) is 38.9 Å². The number of hydrogen-bond acceptors (Lipinski definition) is 4. The molecular weight excluding hydrogens is 358 g/mol. The second-order valence-corrected chi connectivity index (χ2v) is 7.47. The fourth-order valence-corrected chi connectivity index (χ4v) is 2.59. The first-order valence-corrected chi connectivity index (χ1v) is 8.92. The Kier molecular flexibility index (Phi) is 8.02. The first-order chi connectivity index (χ1) is 12.0. The van der Waals surface area contributed by atoms with Crippen molar-refractivity contribution in [3.8, 4) is 0 Å². The SMILES string of the molecule is CC(C)CCN(C)C(=O)C(NC(=O)c1ccc([N+](=O)[O-])cc1Cl)C(C)C. The summed E-state index contributed by atoms with van der Waals surface area (Å²) >= 11 is 6.00. The lowest BCUT2D eigenvalue weighted by molar-refractivity contribution is -0.384. The summed E-state index contributed by atoms with van der Waals surface area (Å²) in [7, 11) is 1.71. The lowest BCUT2D eigenvalue weighted by Gasteiger charge is -2.27. The summed E-state index contributed by atoms with van der Waals surface area (Å²) in [6, 6.07) is 2.92. The van der Waals surface area contributed by atoms with E-state index in [4.69, 9.17) is 11.6 Å². The third kappa shape index (κ3) is 5.98. The smallest absolute Gasteiger partial charge is 0.270 e. The number of nitrogens with zero attached hydrogens (tertiary/aromatic N) is 2. The Balaban J connectivity index is 2.91. The maximum Gasteiger partial charge on any atom is 0.270 e. The van der Waals surface area contributed by atoms with Crippen LogP contribution in [0.5, 0.6) is 0 Å². The van der Waals surface area contributed by atoms with Crippen LogP contribution in [0.15, 0.2) is 18.2 Å². The van der Waals surface area contributed by atoms with Crippen LogP contribution in [0.25, 0.3) is 0 Å². The van der Waals surface area contributed by atoms with Crippen molar-refractivity contribution in [1.82, 2.24) is 10.2 Å². The predicted molar refractivity (Wildman–Crippen MR) is 101 cm³/mol. The van der Waals surface area contributed by atoms with Crippen molar-refractivity contribution < 1.29 is 14.5 Å². The molecule has 1 aromatic carbocycles. The average molecular weight is 384 g/mol. The molecule has 0 saturated heterocycles. The minimum atomic E-state index is -0.703. The van der Waals surface area contributed by atoms with E-state index in [9.17, 15) is 19.7 Å². The molecular formula is C18H26ClN3O4. The van der Waals surface area contributed by atoms with Crippen LogP contribution in [0.2, 0.25) is 5.02 Å². The number of halogens is 1. The molecule has 0 aliphatic heterocycles. The van der Waals surface area contributed by atoms with E-state index >= 15 is 0 Å². The molecule has 0 spiro atoms. The molecule has 0 aliphatic carbocycles. The van der Waals surface area contributed by atoms with Crippen LogP contribution in [0.3, 0.4) is 0 Å². The van der Waals surface area contributed by atoms with Crippen LogP contribution >= 0.6 is 11.6 Å². The largest absolute Gasteiger partial charge is 0.344 e. The summed E-state index contributed by atoms with van der Waals surface area (Å²) in [5, 5.41) is 13.4. The van der Waals surface area contributed by atoms with Gasteiger partial charge in [0.2, 0.25) is 5.91 Å². The predicted octanol–water partition coefficient (Wildman–Crippen LogP) is 3.51. The van der Waals surface area contributed by atoms with Crippen molar-refractivity contribution in [2.75, 3.05) is 13.6 Å². The van der Waals surface area contributed by atoms with Crippen molar-refractivity contribution in [2.45, 2.75) is 40.2 Å². The molecule has 8 heteroatoms. The van der Waals surface area contributed by atoms with E-state index in [0.717, 1.165) is 12.5 Å². The molecule has 0 fully saturated rings. The van der Waals surface area contributed by atoms with Gasteiger partial charge in [0.15, 0.2) is 0 Å². The Morgan fingerprint density at radius 1 is 1.27 bits per heavy atom. The second-order valence-electron chi connectivity index (χ2n) is 7.06. The quantitative estimate of drug-likeness (QED) is 0.549. The first kappa shape index (κ1) is 21.9. The number of carbonyl (C=O) groups is 2. The molecule has 0 bridgehead atoms. The molecule has 0 aliphatic rings. The molecule has 1 unspecified atom stereocenters. The van der Waals surface area contributed by atoms with Crippen LogP contribution in [-0.4, -0.2) is 41.3 Å². The maximum atomic E-state index is 12.7. The second kappa shape index (κ2) is 9.52. The minimum absolute atomic E-state index is 0.0279. The number of nitrogens with one attached hydrogen (secondary N) is 1. The summed E-state index contributed by atoms with van der Waals surface area (Å²) in [5.41, 5.74) is -0.1000. The van der Waals surface area contributed by atoms with Gasteiger partial charge in [-0.15, -0.1) is 0 Å². The third-order valence-corrected chi connectivity index (χ3v) is 4.36. The topological polar surface area (TPSA) is 92.6 Å². The standard InChI is InChI=1S/C18H26ClN3O4/c1-11(2)8-9-21(5)18(24)16(12(3)4)20-17(23)14-7-6-13(22(25)26)10-15(14)19/h6-7,10-12,16H,8-9H2,1-5H3,(H,20,23). The lowest BCUT2D eigenvalue weighted by Crippen LogP contribution is -2.50. The van der Waals surface area contributed by atoms with Crippen molar-refractivity contribution >= 4 is 29.1 Å². The van der Waals surface area contributed by atoms with Crippen LogP contribution in [0, 0.1) is 22.0 Å². The highest BCUT2D eigenvalue weighted by Gasteiger charge is 2.28. The number of benzene rings is 1. The van der Waals surface area contributed by atoms with Crippen molar-refractivity contribution in [2.24, 2.45) is 11.8 Å². The zero-order chi connectivity index (χ0) is 20.0. The number of nitro groups is 1. The monoisotopic (exact) mass is 383 g/mol. The number of rotatable bonds is 8. The molecule has 1 atom stereocenters. The molecule has 144 valence electrons. The Bertz CT molecular complexity index is 676. The van der Waals surface area contributed by atoms with E-state index in [-0.39, 0.29) is 28.1 Å². The van der Waals surface area contributed by atoms with Crippen LogP contribution < -0.4 is 5.32 Å². The van der Waals surface area contributed by atoms with E-state index in [1.54, 1.807) is 11.9 Å². The number of nitro benzene ring substituents is 1. The Morgan fingerprint density at radius 3 is 2.35 bits per heavy atom. The summed E-state index contributed by atoms with van der Waals surface area (Å²) in [5.74, 6) is -0.359. The average Bonchev–Trinajstić information content (AvgIpc) is 2.56. The Morgan fingerprint density at radius 2 is 1.88 bits per heavy atom. The van der Waals surface area contributed by atoms with Crippen molar-refractivity contribution in [3.63, 3.8) is 0 Å². The maximum absolute atomic E-state index is 12.7. The highest BCUT2D eigenvalue weighted by atomic mass is 35.5. The highest BCUT2D eigenvalue weighted by molar-refractivity contribution is 6.34. The molecule has 1 N–H and O–H groups in total. The van der Waals surface area contributed by atoms with Gasteiger partial charge in [-0.1, -0.05) is 39.3 Å². The lowest BCUT2D eigenvalue weighted by atomic mass is 10.0. The number of hydrogen-bond donors (Lipinski definition) is 1. The molecule has 26 heavy (non-hydrogen) atoms. The van der Waals surface area contributed by atoms with Crippen molar-refractivity contribution in [1.29, 1.82) is 0 Å². The van der Waals surface area contributed by atoms with Gasteiger partial charge in [0.25, 0.3) is 11.6 Å². The molecule has 1 rings (SSSR count). The molecule has 7 nitrogen and oxygen atoms in total. The molecule has 1 aromatic rings. The van der Waals surface area contributed by atoms with Gasteiger partial charge in [-0.3, -0.25) is 19.7 Å². The van der Waals surface area contributed by atoms with Gasteiger partial charge < -0.3 is 10.2 Å². The van der Waals surface area contributed by atoms with Crippen LogP contribution in [0.1, 0.15) is 44.5 Å². The fraction of sp³-hybridized carbons (Fsp3) is 0.556. The van der Waals surface area contributed by atoms with E-state index in [2.05, 4.69) is 19.2 Å². The van der Waals surface area contributed by atoms with E-state index in [0.29, 0.717) is 12.5 Å². The number of likely N-dealkylation sites (N-methyl/N-ethyl adjacent to an activating group) is 1. The summed E-state index contributed by atoms with van der Waals surface area (Å²) in [4.78, 5) is 37.0. The normalized spacial score (nSPS) is 12.2. The van der Waals surface area contributed by atoms with E-state index in [1.807, 2.05) is 13.8 Å².